The summed E-state index contributed by atoms with van der Waals surface area (Å²) in [5, 5.41) is 34.1. The van der Waals surface area contributed by atoms with E-state index >= 15 is 0 Å². The number of aliphatic carboxylic acids is 1. The molecule has 2 aromatic rings. The molecule has 2 heterocycles. The number of carboxylic acid groups (broad SMARTS) is 1. The smallest absolute Gasteiger partial charge is 0.352 e. The second-order valence-electron chi connectivity index (χ2n) is 7.89. The number of hydrogen-bond acceptors (Lipinski definition) is 8. The van der Waals surface area contributed by atoms with Crippen LogP contribution in [0.4, 0.5) is 11.4 Å². The van der Waals surface area contributed by atoms with Gasteiger partial charge in [0.2, 0.25) is 5.91 Å². The lowest BCUT2D eigenvalue weighted by atomic mass is 10.0. The van der Waals surface area contributed by atoms with Crippen molar-refractivity contribution in [2.45, 2.75) is 17.8 Å². The summed E-state index contributed by atoms with van der Waals surface area (Å²) in [6.07, 6.45) is 2.70. The molecule has 2 N–H and O–H groups in total. The van der Waals surface area contributed by atoms with E-state index in [0.29, 0.717) is 0 Å². The molecule has 4 rings (SSSR count). The van der Waals surface area contributed by atoms with Gasteiger partial charge in [-0.2, -0.15) is 0 Å². The second-order valence-corrected chi connectivity index (χ2v) is 8.99. The highest BCUT2D eigenvalue weighted by Gasteiger charge is 2.53. The van der Waals surface area contributed by atoms with Crippen molar-refractivity contribution in [3.63, 3.8) is 0 Å². The molecule has 2 atom stereocenters. The monoisotopic (exact) mass is 510 g/mol. The van der Waals surface area contributed by atoms with Gasteiger partial charge in [0.15, 0.2) is 0 Å². The van der Waals surface area contributed by atoms with E-state index in [1.165, 1.54) is 30.0 Å². The Kier molecular flexibility index (Phi) is 6.83. The molecule has 2 aromatic carbocycles. The molecular formula is C23H18N4O8S. The fourth-order valence-electron chi connectivity index (χ4n) is 3.91. The van der Waals surface area contributed by atoms with E-state index in [-0.39, 0.29) is 34.9 Å². The van der Waals surface area contributed by atoms with Crippen molar-refractivity contribution < 1.29 is 29.3 Å². The van der Waals surface area contributed by atoms with Crippen molar-refractivity contribution in [3.05, 3.63) is 97.2 Å². The third kappa shape index (κ3) is 4.81. The average molecular weight is 510 g/mol. The first-order valence-corrected chi connectivity index (χ1v) is 11.6. The summed E-state index contributed by atoms with van der Waals surface area (Å²) in [6.45, 7) is 0. The van der Waals surface area contributed by atoms with Crippen molar-refractivity contribution >= 4 is 47.0 Å². The number of fused-ring (bicyclic) bond motifs is 1. The number of nitro groups is 2. The van der Waals surface area contributed by atoms with Crippen LogP contribution in [-0.4, -0.2) is 54.8 Å². The van der Waals surface area contributed by atoms with Gasteiger partial charge in [-0.3, -0.25) is 34.7 Å². The minimum Gasteiger partial charge on any atom is -0.477 e. The predicted octanol–water partition coefficient (Wildman–Crippen LogP) is 2.50. The van der Waals surface area contributed by atoms with Gasteiger partial charge in [-0.25, -0.2) is 4.79 Å². The summed E-state index contributed by atoms with van der Waals surface area (Å²) in [5.41, 5.74) is -0.200. The van der Waals surface area contributed by atoms with Crippen molar-refractivity contribution in [1.29, 1.82) is 0 Å². The average Bonchev–Trinajstić information content (AvgIpc) is 2.85. The quantitative estimate of drug-likeness (QED) is 0.307. The Morgan fingerprint density at radius 3 is 2.47 bits per heavy atom. The third-order valence-corrected chi connectivity index (χ3v) is 6.91. The molecule has 12 nitrogen and oxygen atoms in total. The number of allylic oxidation sites excluding steroid dienone is 1. The lowest BCUT2D eigenvalue weighted by molar-refractivity contribution is -0.394. The molecule has 2 aliphatic heterocycles. The predicted molar refractivity (Wildman–Crippen MR) is 129 cm³/mol. The number of nitrogens with one attached hydrogen (secondary N) is 1. The maximum Gasteiger partial charge on any atom is 0.352 e. The fourth-order valence-corrected chi connectivity index (χ4v) is 5.23. The largest absolute Gasteiger partial charge is 0.477 e. The Morgan fingerprint density at radius 1 is 1.11 bits per heavy atom. The van der Waals surface area contributed by atoms with Gasteiger partial charge in [0.1, 0.15) is 17.1 Å². The minimum atomic E-state index is -1.36. The highest BCUT2D eigenvalue weighted by atomic mass is 32.2. The number of nitro benzene ring substituents is 2. The summed E-state index contributed by atoms with van der Waals surface area (Å²) < 4.78 is 0. The van der Waals surface area contributed by atoms with Crippen molar-refractivity contribution in [2.75, 3.05) is 5.75 Å². The lowest BCUT2D eigenvalue weighted by Gasteiger charge is -2.49. The molecule has 1 saturated heterocycles. The zero-order valence-electron chi connectivity index (χ0n) is 18.4. The molecule has 36 heavy (non-hydrogen) atoms. The normalized spacial score (nSPS) is 19.0. The van der Waals surface area contributed by atoms with Crippen LogP contribution in [-0.2, 0) is 20.8 Å². The number of amides is 2. The Labute approximate surface area is 207 Å². The Balaban J connectivity index is 1.54. The summed E-state index contributed by atoms with van der Waals surface area (Å²) in [5.74, 6) is -2.13. The topological polar surface area (TPSA) is 173 Å². The molecule has 2 amide bonds. The van der Waals surface area contributed by atoms with E-state index in [0.717, 1.165) is 22.6 Å². The Bertz CT molecular complexity index is 1340. The van der Waals surface area contributed by atoms with E-state index in [1.807, 2.05) is 6.07 Å². The van der Waals surface area contributed by atoms with E-state index in [1.54, 1.807) is 24.3 Å². The van der Waals surface area contributed by atoms with Crippen LogP contribution in [0.1, 0.15) is 11.1 Å². The number of carbonyl (C=O) groups excluding carboxylic acids is 2. The number of hydrogen-bond donors (Lipinski definition) is 2. The lowest BCUT2D eigenvalue weighted by Crippen LogP contribution is -2.70. The summed E-state index contributed by atoms with van der Waals surface area (Å²) >= 11 is 1.25. The molecule has 2 aliphatic rings. The van der Waals surface area contributed by atoms with E-state index < -0.39 is 44.5 Å². The van der Waals surface area contributed by atoms with E-state index in [2.05, 4.69) is 5.32 Å². The van der Waals surface area contributed by atoms with Crippen LogP contribution < -0.4 is 5.32 Å². The van der Waals surface area contributed by atoms with Gasteiger partial charge in [-0.1, -0.05) is 36.4 Å². The van der Waals surface area contributed by atoms with Gasteiger partial charge in [0.25, 0.3) is 17.3 Å². The number of carbonyl (C=O) groups is 3. The van der Waals surface area contributed by atoms with Gasteiger partial charge < -0.3 is 10.4 Å². The molecule has 13 heteroatoms. The van der Waals surface area contributed by atoms with E-state index in [9.17, 15) is 39.7 Å². The maximum absolute atomic E-state index is 12.8. The van der Waals surface area contributed by atoms with Crippen LogP contribution in [0.25, 0.3) is 6.08 Å². The summed E-state index contributed by atoms with van der Waals surface area (Å²) in [6, 6.07) is 11.2. The Hall–Kier alpha value is -4.52. The van der Waals surface area contributed by atoms with Gasteiger partial charge in [0.05, 0.1) is 27.9 Å². The van der Waals surface area contributed by atoms with E-state index in [4.69, 9.17) is 0 Å². The second kappa shape index (κ2) is 10.00. The molecule has 0 radical (unpaired) electrons. The van der Waals surface area contributed by atoms with Crippen molar-refractivity contribution in [2.24, 2.45) is 0 Å². The molecule has 0 aromatic heterocycles. The number of nitrogens with zero attached hydrogens (tertiary/aromatic N) is 3. The van der Waals surface area contributed by atoms with Gasteiger partial charge in [-0.05, 0) is 23.3 Å². The third-order valence-electron chi connectivity index (χ3n) is 5.61. The molecular weight excluding hydrogens is 492 g/mol. The molecule has 1 unspecified atom stereocenters. The molecule has 0 aliphatic carbocycles. The zero-order valence-corrected chi connectivity index (χ0v) is 19.2. The standard InChI is InChI=1S/C23H18N4O8S/c28-18(10-13-4-2-1-3-5-13)24-19-21(29)25-20(23(30)31)15(12-36-22(19)25)7-6-14-8-9-16(26(32)33)11-17(14)27(34)35/h1-9,11,19,22H,10,12H2,(H,24,28)(H,30,31)/t19?,22-/m1/s1. The zero-order chi connectivity index (χ0) is 26.0. The van der Waals surface area contributed by atoms with Crippen molar-refractivity contribution in [1.82, 2.24) is 10.2 Å². The van der Waals surface area contributed by atoms with Crippen LogP contribution in [0.15, 0.2) is 65.9 Å². The summed E-state index contributed by atoms with van der Waals surface area (Å²) in [4.78, 5) is 59.0. The molecule has 0 saturated carbocycles. The SMILES string of the molecule is O=C(Cc1ccccc1)NC1C(=O)N2C(C(=O)O)=C(C=Cc3ccc([N+](=O)[O-])cc3[N+](=O)[O-])CS[C@H]12. The number of thioether (sulfide) groups is 1. The van der Waals surface area contributed by atoms with Crippen LogP contribution in [0.3, 0.4) is 0 Å². The minimum absolute atomic E-state index is 0.0379. The van der Waals surface area contributed by atoms with Gasteiger partial charge >= 0.3 is 5.97 Å². The van der Waals surface area contributed by atoms with Crippen molar-refractivity contribution in [3.8, 4) is 0 Å². The first kappa shape index (κ1) is 24.6. The maximum atomic E-state index is 12.8. The fraction of sp³-hybridized carbons (Fsp3) is 0.174. The number of rotatable bonds is 8. The van der Waals surface area contributed by atoms with Crippen LogP contribution in [0, 0.1) is 20.2 Å². The number of non-ortho nitro benzene ring substituents is 1. The highest BCUT2D eigenvalue weighted by Crippen LogP contribution is 2.41. The number of benzene rings is 2. The van der Waals surface area contributed by atoms with Crippen LogP contribution in [0.5, 0.6) is 0 Å². The van der Waals surface area contributed by atoms with Crippen LogP contribution in [0.2, 0.25) is 0 Å². The van der Waals surface area contributed by atoms with Crippen LogP contribution >= 0.6 is 11.8 Å². The highest BCUT2D eigenvalue weighted by molar-refractivity contribution is 8.00. The number of β-lactam (4-membered cyclic amide) rings is 1. The first-order valence-electron chi connectivity index (χ1n) is 10.5. The summed E-state index contributed by atoms with van der Waals surface area (Å²) in [7, 11) is 0. The molecule has 0 bridgehead atoms. The van der Waals surface area contributed by atoms with Gasteiger partial charge in [0, 0.05) is 11.8 Å². The number of carboxylic acids is 1. The molecule has 0 spiro atoms. The molecule has 184 valence electrons. The first-order chi connectivity index (χ1) is 17.2. The molecule has 1 fully saturated rings. The Morgan fingerprint density at radius 2 is 1.83 bits per heavy atom. The van der Waals surface area contributed by atoms with Gasteiger partial charge in [-0.15, -0.1) is 11.8 Å².